The van der Waals surface area contributed by atoms with Crippen molar-refractivity contribution < 1.29 is 36.9 Å². The molecule has 176 valence electrons. The Morgan fingerprint density at radius 2 is 2.15 bits per heavy atom. The summed E-state index contributed by atoms with van der Waals surface area (Å²) in [6, 6.07) is -0.888. The maximum Gasteiger partial charge on any atom is 0.352 e. The molecule has 2 aromatic heterocycles. The molecule has 2 aromatic rings. The smallest absolute Gasteiger partial charge is 0.352 e. The number of carboxylic acids is 1. The zero-order valence-electron chi connectivity index (χ0n) is 16.3. The van der Waals surface area contributed by atoms with E-state index in [1.165, 1.54) is 22.8 Å². The van der Waals surface area contributed by atoms with E-state index in [0.717, 1.165) is 16.7 Å². The Kier molecular flexibility index (Phi) is 6.36. The van der Waals surface area contributed by atoms with Crippen molar-refractivity contribution >= 4 is 51.4 Å². The van der Waals surface area contributed by atoms with Gasteiger partial charge >= 0.3 is 5.97 Å². The maximum absolute atomic E-state index is 12.6. The molecule has 33 heavy (non-hydrogen) atoms. The van der Waals surface area contributed by atoms with Crippen LogP contribution in [-0.2, 0) is 36.8 Å². The number of carbonyl (C=O) groups is 3. The Balaban J connectivity index is 1.41. The van der Waals surface area contributed by atoms with Gasteiger partial charge in [0.15, 0.2) is 5.75 Å². The lowest BCUT2D eigenvalue weighted by Gasteiger charge is -2.49. The molecule has 1 saturated heterocycles. The minimum absolute atomic E-state index is 0.0271. The zero-order chi connectivity index (χ0) is 23.8. The van der Waals surface area contributed by atoms with Crippen molar-refractivity contribution in [2.75, 3.05) is 11.5 Å². The molecule has 16 nitrogen and oxygen atoms in total. The molecule has 4 rings (SSSR count). The largest absolute Gasteiger partial charge is 0.477 e. The number of hydrogen-bond acceptors (Lipinski definition) is 13. The van der Waals surface area contributed by atoms with Gasteiger partial charge in [0.25, 0.3) is 21.2 Å². The second kappa shape index (κ2) is 9.08. The quantitative estimate of drug-likeness (QED) is 0.185. The fourth-order valence-corrected chi connectivity index (χ4v) is 5.77. The van der Waals surface area contributed by atoms with Gasteiger partial charge in [-0.15, -0.1) is 27.1 Å². The van der Waals surface area contributed by atoms with E-state index in [0.29, 0.717) is 5.57 Å². The molecule has 19 heteroatoms. The van der Waals surface area contributed by atoms with Gasteiger partial charge in [0.2, 0.25) is 11.8 Å². The Morgan fingerprint density at radius 3 is 2.82 bits per heavy atom. The highest BCUT2D eigenvalue weighted by Crippen LogP contribution is 2.41. The second-order valence-corrected chi connectivity index (χ2v) is 10.2. The number of fused-ring (bicyclic) bond motifs is 1. The highest BCUT2D eigenvalue weighted by molar-refractivity contribution is 8.01. The molecule has 0 aromatic carbocycles. The van der Waals surface area contributed by atoms with E-state index in [2.05, 4.69) is 31.0 Å². The monoisotopic (exact) mass is 518 g/mol. The Hall–Kier alpha value is -3.03. The van der Waals surface area contributed by atoms with Crippen LogP contribution in [0, 0.1) is 0 Å². The Morgan fingerprint density at radius 1 is 1.36 bits per heavy atom. The summed E-state index contributed by atoms with van der Waals surface area (Å²) < 4.78 is 36.9. The molecule has 0 radical (unpaired) electrons. The predicted octanol–water partition coefficient (Wildman–Crippen LogP) is -2.03. The molecule has 2 aliphatic heterocycles. The number of nitrogens with zero attached hydrogens (tertiary/aromatic N) is 7. The minimum Gasteiger partial charge on any atom is -0.477 e. The first kappa shape index (κ1) is 23.1. The third-order valence-electron chi connectivity index (χ3n) is 4.39. The lowest BCUT2D eigenvalue weighted by atomic mass is 10.0. The summed E-state index contributed by atoms with van der Waals surface area (Å²) in [5, 5.41) is 29.2. The van der Waals surface area contributed by atoms with Gasteiger partial charge in [-0.25, -0.2) is 9.48 Å². The van der Waals surface area contributed by atoms with Crippen molar-refractivity contribution in [3.05, 3.63) is 23.5 Å². The van der Waals surface area contributed by atoms with Crippen LogP contribution < -0.4 is 5.32 Å². The number of hydrogen-bond donors (Lipinski definition) is 3. The molecule has 2 amide bonds. The van der Waals surface area contributed by atoms with E-state index in [4.69, 9.17) is 8.97 Å². The van der Waals surface area contributed by atoms with Crippen LogP contribution in [0.15, 0.2) is 27.2 Å². The van der Waals surface area contributed by atoms with Gasteiger partial charge in [-0.2, -0.15) is 8.42 Å². The standard InChI is InChI=1S/C14H14N8O8S3/c23-7(1-21-5-15-19-20-21)16-9-11(24)22-10(13(25)26)6(2-31-12(9)22)3-32-14-18-17-8(30-14)4-33(27,28)29/h5,9,12H,1-4H2,(H,16,23)(H,25,26)(H,27,28,29)/t9?,12-/m0/s1. The molecule has 2 atom stereocenters. The number of nitrogens with one attached hydrogen (secondary N) is 1. The van der Waals surface area contributed by atoms with Gasteiger partial charge in [-0.05, 0) is 16.0 Å². The van der Waals surface area contributed by atoms with Crippen LogP contribution in [0.1, 0.15) is 5.89 Å². The van der Waals surface area contributed by atoms with Crippen LogP contribution in [0.5, 0.6) is 0 Å². The van der Waals surface area contributed by atoms with Crippen LogP contribution in [0.3, 0.4) is 0 Å². The molecule has 3 N–H and O–H groups in total. The molecule has 2 aliphatic rings. The van der Waals surface area contributed by atoms with Crippen molar-refractivity contribution in [3.63, 3.8) is 0 Å². The number of carbonyl (C=O) groups excluding carboxylic acids is 2. The SMILES string of the molecule is O=C(Cn1cnnn1)NC1C(=O)N2C(C(=O)O)=C(CSc3nnc(CS(=O)(=O)O)o3)CS[C@@H]12. The van der Waals surface area contributed by atoms with Gasteiger partial charge < -0.3 is 14.8 Å². The number of rotatable bonds is 9. The molecule has 4 heterocycles. The molecular formula is C14H14N8O8S3. The van der Waals surface area contributed by atoms with Crippen molar-refractivity contribution in [1.82, 2.24) is 40.6 Å². The first-order valence-corrected chi connectivity index (χ1v) is 12.6. The summed E-state index contributed by atoms with van der Waals surface area (Å²) in [4.78, 5) is 37.8. The second-order valence-electron chi connectivity index (χ2n) is 6.70. The van der Waals surface area contributed by atoms with Crippen molar-refractivity contribution in [2.24, 2.45) is 0 Å². The lowest BCUT2D eigenvalue weighted by molar-refractivity contribution is -0.150. The topological polar surface area (TPSA) is 224 Å². The third-order valence-corrected chi connectivity index (χ3v) is 7.24. The lowest BCUT2D eigenvalue weighted by Crippen LogP contribution is -2.70. The van der Waals surface area contributed by atoms with Gasteiger partial charge in [0.1, 0.15) is 30.0 Å². The Bertz CT molecular complexity index is 1230. The summed E-state index contributed by atoms with van der Waals surface area (Å²) in [5.74, 6) is -3.19. The number of amides is 2. The third kappa shape index (κ3) is 5.15. The van der Waals surface area contributed by atoms with Gasteiger partial charge in [0.05, 0.1) is 0 Å². The van der Waals surface area contributed by atoms with E-state index in [1.54, 1.807) is 0 Å². The number of tetrazole rings is 1. The molecule has 1 unspecified atom stereocenters. The summed E-state index contributed by atoms with van der Waals surface area (Å²) in [7, 11) is -4.34. The van der Waals surface area contributed by atoms with E-state index >= 15 is 0 Å². The number of aromatic nitrogens is 6. The maximum atomic E-state index is 12.6. The molecule has 1 fully saturated rings. The van der Waals surface area contributed by atoms with Crippen LogP contribution in [0.2, 0.25) is 0 Å². The van der Waals surface area contributed by atoms with Crippen LogP contribution in [0.25, 0.3) is 0 Å². The highest BCUT2D eigenvalue weighted by atomic mass is 32.2. The average molecular weight is 519 g/mol. The van der Waals surface area contributed by atoms with E-state index in [9.17, 15) is 27.9 Å². The van der Waals surface area contributed by atoms with Crippen molar-refractivity contribution in [3.8, 4) is 0 Å². The average Bonchev–Trinajstić information content (AvgIpc) is 3.40. The molecule has 0 aliphatic carbocycles. The van der Waals surface area contributed by atoms with Crippen LogP contribution in [-0.4, -0.2) is 94.1 Å². The summed E-state index contributed by atoms with van der Waals surface area (Å²) in [5.41, 5.74) is 0.218. The van der Waals surface area contributed by atoms with E-state index in [-0.39, 0.29) is 34.9 Å². The number of β-lactam (4-membered cyclic amide) rings is 1. The molecule has 0 saturated carbocycles. The van der Waals surface area contributed by atoms with E-state index in [1.807, 2.05) is 0 Å². The fraction of sp³-hybridized carbons (Fsp3) is 0.429. The molecule has 0 spiro atoms. The fourth-order valence-electron chi connectivity index (χ4n) is 3.07. The summed E-state index contributed by atoms with van der Waals surface area (Å²) in [6.45, 7) is -0.193. The zero-order valence-corrected chi connectivity index (χ0v) is 18.7. The van der Waals surface area contributed by atoms with Crippen LogP contribution in [0.4, 0.5) is 0 Å². The summed E-state index contributed by atoms with van der Waals surface area (Å²) in [6.07, 6.45) is 1.24. The minimum atomic E-state index is -4.34. The first-order chi connectivity index (χ1) is 15.6. The van der Waals surface area contributed by atoms with Crippen molar-refractivity contribution in [2.45, 2.75) is 28.9 Å². The number of thioether (sulfide) groups is 2. The summed E-state index contributed by atoms with van der Waals surface area (Å²) >= 11 is 2.24. The van der Waals surface area contributed by atoms with Gasteiger partial charge in [-0.3, -0.25) is 19.0 Å². The van der Waals surface area contributed by atoms with Gasteiger partial charge in [-0.1, -0.05) is 11.8 Å². The number of carboxylic acid groups (broad SMARTS) is 1. The van der Waals surface area contributed by atoms with E-state index < -0.39 is 45.1 Å². The normalized spacial score (nSPS) is 20.4. The van der Waals surface area contributed by atoms with Crippen LogP contribution >= 0.6 is 23.5 Å². The van der Waals surface area contributed by atoms with Gasteiger partial charge in [0, 0.05) is 11.5 Å². The Labute approximate surface area is 192 Å². The predicted molar refractivity (Wildman–Crippen MR) is 108 cm³/mol. The molecular weight excluding hydrogens is 504 g/mol. The molecule has 0 bridgehead atoms. The number of aliphatic carboxylic acids is 1. The first-order valence-electron chi connectivity index (χ1n) is 8.93. The van der Waals surface area contributed by atoms with Crippen molar-refractivity contribution in [1.29, 1.82) is 0 Å². The highest BCUT2D eigenvalue weighted by Gasteiger charge is 2.54.